The molecule has 0 radical (unpaired) electrons. The van der Waals surface area contributed by atoms with Crippen molar-refractivity contribution in [2.24, 2.45) is 0 Å². The molecule has 1 rings (SSSR count). The molecular formula is C7H11FN2O. The number of carbonyl (C=O) groups is 1. The van der Waals surface area contributed by atoms with Gasteiger partial charge in [-0.2, -0.15) is 5.10 Å². The number of hydrogen-bond acceptors (Lipinski definition) is 2. The first-order valence-electron chi connectivity index (χ1n) is 3.41. The van der Waals surface area contributed by atoms with Crippen LogP contribution in [0.25, 0.3) is 0 Å². The number of aromatic nitrogens is 2. The summed E-state index contributed by atoms with van der Waals surface area (Å²) < 4.78 is 13.0. The Labute approximate surface area is 64.8 Å². The Morgan fingerprint density at radius 2 is 2.18 bits per heavy atom. The summed E-state index contributed by atoms with van der Waals surface area (Å²) in [4.78, 5) is 10.4. The Bertz CT molecular complexity index is 232. The van der Waals surface area contributed by atoms with Crippen LogP contribution in [0.1, 0.15) is 25.6 Å². The molecule has 0 aliphatic heterocycles. The third-order valence-electron chi connectivity index (χ3n) is 0.874. The van der Waals surface area contributed by atoms with Gasteiger partial charge in [-0.3, -0.25) is 4.79 Å². The minimum atomic E-state index is -0.495. The smallest absolute Gasteiger partial charge is 0.243 e. The fourth-order valence-electron chi connectivity index (χ4n) is 0.473. The van der Waals surface area contributed by atoms with Gasteiger partial charge in [0.15, 0.2) is 5.82 Å². The van der Waals surface area contributed by atoms with E-state index in [1.165, 1.54) is 6.92 Å². The lowest BCUT2D eigenvalue weighted by Gasteiger charge is -1.86. The van der Waals surface area contributed by atoms with Gasteiger partial charge in [-0.1, -0.05) is 13.8 Å². The topological polar surface area (TPSA) is 34.9 Å². The summed E-state index contributed by atoms with van der Waals surface area (Å²) in [6.07, 6.45) is 2.02. The van der Waals surface area contributed by atoms with Crippen LogP contribution in [-0.2, 0) is 0 Å². The van der Waals surface area contributed by atoms with Gasteiger partial charge in [-0.25, -0.2) is 9.07 Å². The summed E-state index contributed by atoms with van der Waals surface area (Å²) in [5, 5.41) is 3.41. The van der Waals surface area contributed by atoms with Crippen LogP contribution in [0.2, 0.25) is 0 Å². The SMILES string of the molecule is CC.CC(=O)n1cc(F)cn1. The largest absolute Gasteiger partial charge is 0.273 e. The normalized spacial score (nSPS) is 8.36. The molecule has 0 N–H and O–H groups in total. The van der Waals surface area contributed by atoms with Crippen molar-refractivity contribution in [2.75, 3.05) is 0 Å². The van der Waals surface area contributed by atoms with Crippen molar-refractivity contribution in [2.45, 2.75) is 20.8 Å². The maximum Gasteiger partial charge on any atom is 0.243 e. The Balaban J connectivity index is 0.000000461. The molecule has 4 heteroatoms. The van der Waals surface area contributed by atoms with Crippen LogP contribution in [0.4, 0.5) is 4.39 Å². The molecule has 62 valence electrons. The lowest BCUT2D eigenvalue weighted by atomic mass is 10.7. The van der Waals surface area contributed by atoms with Gasteiger partial charge in [0.25, 0.3) is 0 Å². The standard InChI is InChI=1S/C5H5FN2O.C2H6/c1-4(9)8-3-5(6)2-7-8;1-2/h2-3H,1H3;1-2H3. The molecule has 1 aromatic rings. The van der Waals surface area contributed by atoms with Gasteiger partial charge in [0, 0.05) is 6.92 Å². The predicted molar refractivity (Wildman–Crippen MR) is 39.8 cm³/mol. The quantitative estimate of drug-likeness (QED) is 0.576. The van der Waals surface area contributed by atoms with E-state index in [1.807, 2.05) is 13.8 Å². The third kappa shape index (κ3) is 2.93. The molecule has 1 heterocycles. The molecular weight excluding hydrogens is 147 g/mol. The van der Waals surface area contributed by atoms with Crippen molar-refractivity contribution in [1.82, 2.24) is 9.78 Å². The molecule has 0 amide bonds. The molecule has 0 aliphatic rings. The number of nitrogens with zero attached hydrogens (tertiary/aromatic N) is 2. The van der Waals surface area contributed by atoms with Crippen molar-refractivity contribution in [3.05, 3.63) is 18.2 Å². The first kappa shape index (κ1) is 9.81. The highest BCUT2D eigenvalue weighted by Gasteiger charge is 1.98. The lowest BCUT2D eigenvalue weighted by Crippen LogP contribution is -2.04. The molecule has 0 aromatic carbocycles. The maximum atomic E-state index is 12.1. The molecule has 0 atom stereocenters. The van der Waals surface area contributed by atoms with Gasteiger partial charge in [0.2, 0.25) is 5.91 Å². The van der Waals surface area contributed by atoms with Gasteiger partial charge in [0.1, 0.15) is 0 Å². The van der Waals surface area contributed by atoms with E-state index in [1.54, 1.807) is 0 Å². The molecule has 0 bridgehead atoms. The Hall–Kier alpha value is -1.19. The van der Waals surface area contributed by atoms with Crippen LogP contribution < -0.4 is 0 Å². The highest BCUT2D eigenvalue weighted by atomic mass is 19.1. The fourth-order valence-corrected chi connectivity index (χ4v) is 0.473. The van der Waals surface area contributed by atoms with E-state index >= 15 is 0 Å². The average Bonchev–Trinajstić information content (AvgIpc) is 2.40. The zero-order chi connectivity index (χ0) is 8.85. The summed E-state index contributed by atoms with van der Waals surface area (Å²) in [5.74, 6) is -0.788. The van der Waals surface area contributed by atoms with Crippen LogP contribution in [0.15, 0.2) is 12.4 Å². The second-order valence-electron chi connectivity index (χ2n) is 1.62. The van der Waals surface area contributed by atoms with E-state index in [0.717, 1.165) is 17.1 Å². The zero-order valence-electron chi connectivity index (χ0n) is 6.84. The van der Waals surface area contributed by atoms with E-state index in [4.69, 9.17) is 0 Å². The van der Waals surface area contributed by atoms with Crippen molar-refractivity contribution in [1.29, 1.82) is 0 Å². The van der Waals surface area contributed by atoms with Crippen LogP contribution in [0.5, 0.6) is 0 Å². The van der Waals surface area contributed by atoms with Crippen LogP contribution in [0.3, 0.4) is 0 Å². The summed E-state index contributed by atoms with van der Waals surface area (Å²) in [6.45, 7) is 5.31. The molecule has 0 aliphatic carbocycles. The summed E-state index contributed by atoms with van der Waals surface area (Å²) in [5.41, 5.74) is 0. The van der Waals surface area contributed by atoms with E-state index < -0.39 is 5.82 Å². The van der Waals surface area contributed by atoms with Crippen molar-refractivity contribution >= 4 is 5.91 Å². The molecule has 3 nitrogen and oxygen atoms in total. The van der Waals surface area contributed by atoms with Gasteiger partial charge < -0.3 is 0 Å². The number of rotatable bonds is 0. The summed E-state index contributed by atoms with van der Waals surface area (Å²) in [7, 11) is 0. The van der Waals surface area contributed by atoms with Crippen LogP contribution >= 0.6 is 0 Å². The van der Waals surface area contributed by atoms with Gasteiger partial charge >= 0.3 is 0 Å². The molecule has 0 saturated heterocycles. The fraction of sp³-hybridized carbons (Fsp3) is 0.429. The third-order valence-corrected chi connectivity index (χ3v) is 0.874. The van der Waals surface area contributed by atoms with Crippen LogP contribution in [-0.4, -0.2) is 15.7 Å². The monoisotopic (exact) mass is 158 g/mol. The molecule has 0 fully saturated rings. The minimum Gasteiger partial charge on any atom is -0.273 e. The highest BCUT2D eigenvalue weighted by Crippen LogP contribution is 1.92. The summed E-state index contributed by atoms with van der Waals surface area (Å²) >= 11 is 0. The van der Waals surface area contributed by atoms with Gasteiger partial charge in [-0.15, -0.1) is 0 Å². The number of carbonyl (C=O) groups excluding carboxylic acids is 1. The summed E-state index contributed by atoms with van der Waals surface area (Å²) in [6, 6.07) is 0. The number of hydrogen-bond donors (Lipinski definition) is 0. The molecule has 0 spiro atoms. The van der Waals surface area contributed by atoms with E-state index in [9.17, 15) is 9.18 Å². The number of halogens is 1. The van der Waals surface area contributed by atoms with E-state index in [0.29, 0.717) is 0 Å². The highest BCUT2D eigenvalue weighted by molar-refractivity contribution is 5.74. The maximum absolute atomic E-state index is 12.1. The van der Waals surface area contributed by atoms with Gasteiger partial charge in [0.05, 0.1) is 12.4 Å². The second kappa shape index (κ2) is 4.60. The molecule has 0 saturated carbocycles. The Morgan fingerprint density at radius 1 is 1.64 bits per heavy atom. The average molecular weight is 158 g/mol. The van der Waals surface area contributed by atoms with Gasteiger partial charge in [-0.05, 0) is 0 Å². The van der Waals surface area contributed by atoms with E-state index in [-0.39, 0.29) is 5.91 Å². The van der Waals surface area contributed by atoms with Crippen LogP contribution in [0, 0.1) is 5.82 Å². The predicted octanol–water partition coefficient (Wildman–Crippen LogP) is 1.71. The second-order valence-corrected chi connectivity index (χ2v) is 1.62. The van der Waals surface area contributed by atoms with Crippen molar-refractivity contribution in [3.63, 3.8) is 0 Å². The first-order chi connectivity index (χ1) is 5.20. The van der Waals surface area contributed by atoms with Crippen molar-refractivity contribution in [3.8, 4) is 0 Å². The van der Waals surface area contributed by atoms with Crippen molar-refractivity contribution < 1.29 is 9.18 Å². The first-order valence-corrected chi connectivity index (χ1v) is 3.41. The molecule has 1 aromatic heterocycles. The molecule has 11 heavy (non-hydrogen) atoms. The molecule has 0 unspecified atom stereocenters. The van der Waals surface area contributed by atoms with E-state index in [2.05, 4.69) is 5.10 Å². The minimum absolute atomic E-state index is 0.293. The lowest BCUT2D eigenvalue weighted by molar-refractivity contribution is 0.0920. The Kier molecular flexibility index (Phi) is 4.10. The zero-order valence-corrected chi connectivity index (χ0v) is 6.84. The Morgan fingerprint density at radius 3 is 2.36 bits per heavy atom.